The second-order valence-electron chi connectivity index (χ2n) is 6.68. The Bertz CT molecular complexity index is 768. The van der Waals surface area contributed by atoms with E-state index in [9.17, 15) is 8.42 Å². The average Bonchev–Trinajstić information content (AvgIpc) is 2.59. The molecule has 0 spiro atoms. The maximum atomic E-state index is 13.1. The molecule has 0 aromatic heterocycles. The molecule has 4 heteroatoms. The molecule has 1 atom stereocenters. The van der Waals surface area contributed by atoms with Gasteiger partial charge in [0.15, 0.2) is 0 Å². The fourth-order valence-electron chi connectivity index (χ4n) is 2.90. The molecule has 0 saturated heterocycles. The number of rotatable bonds is 8. The highest BCUT2D eigenvalue weighted by molar-refractivity contribution is 7.89. The zero-order valence-electron chi connectivity index (χ0n) is 15.2. The van der Waals surface area contributed by atoms with Gasteiger partial charge in [0.25, 0.3) is 0 Å². The van der Waals surface area contributed by atoms with E-state index < -0.39 is 10.0 Å². The zero-order valence-corrected chi connectivity index (χ0v) is 16.0. The van der Waals surface area contributed by atoms with Gasteiger partial charge < -0.3 is 0 Å². The van der Waals surface area contributed by atoms with Gasteiger partial charge in [0.1, 0.15) is 0 Å². The van der Waals surface area contributed by atoms with Crippen LogP contribution < -0.4 is 0 Å². The van der Waals surface area contributed by atoms with Crippen molar-refractivity contribution < 1.29 is 8.42 Å². The molecule has 0 radical (unpaired) electrons. The molecule has 0 N–H and O–H groups in total. The third-order valence-corrected chi connectivity index (χ3v) is 6.04. The van der Waals surface area contributed by atoms with Gasteiger partial charge >= 0.3 is 0 Å². The van der Waals surface area contributed by atoms with Gasteiger partial charge in [-0.25, -0.2) is 8.42 Å². The lowest BCUT2D eigenvalue weighted by Crippen LogP contribution is -2.39. The average molecular weight is 358 g/mol. The number of hydrogen-bond acceptors (Lipinski definition) is 2. The standard InChI is InChI=1S/C21H27NO2S/c1-18(2)17-19(3)22(16-10-13-20-11-6-4-7-12-20)25(23,24)21-14-8-5-9-15-21/h4-15,18-19H,16-17H2,1-3H3. The first-order chi connectivity index (χ1) is 11.9. The summed E-state index contributed by atoms with van der Waals surface area (Å²) in [4.78, 5) is 0.346. The predicted molar refractivity (Wildman–Crippen MR) is 105 cm³/mol. The molecule has 0 aliphatic heterocycles. The van der Waals surface area contributed by atoms with Gasteiger partial charge in [0, 0.05) is 12.6 Å². The summed E-state index contributed by atoms with van der Waals surface area (Å²) in [5, 5.41) is 0. The van der Waals surface area contributed by atoms with Gasteiger partial charge in [-0.2, -0.15) is 4.31 Å². The lowest BCUT2D eigenvalue weighted by molar-refractivity contribution is 0.317. The van der Waals surface area contributed by atoms with E-state index in [4.69, 9.17) is 0 Å². The minimum absolute atomic E-state index is 0.0642. The third kappa shape index (κ3) is 5.55. The summed E-state index contributed by atoms with van der Waals surface area (Å²) < 4.78 is 27.8. The van der Waals surface area contributed by atoms with Crippen molar-refractivity contribution in [2.45, 2.75) is 38.1 Å². The monoisotopic (exact) mass is 357 g/mol. The first-order valence-corrected chi connectivity index (χ1v) is 10.1. The molecule has 0 heterocycles. The summed E-state index contributed by atoms with van der Waals surface area (Å²) in [6.07, 6.45) is 4.72. The van der Waals surface area contributed by atoms with E-state index in [2.05, 4.69) is 13.8 Å². The van der Waals surface area contributed by atoms with E-state index in [-0.39, 0.29) is 6.04 Å². The quantitative estimate of drug-likeness (QED) is 0.679. The Hall–Kier alpha value is -1.91. The second kappa shape index (κ2) is 8.97. The van der Waals surface area contributed by atoms with Crippen molar-refractivity contribution in [3.05, 3.63) is 72.3 Å². The van der Waals surface area contributed by atoms with Crippen molar-refractivity contribution in [3.8, 4) is 0 Å². The molecule has 0 aliphatic rings. The molecule has 2 aromatic carbocycles. The predicted octanol–water partition coefficient (Wildman–Crippen LogP) is 4.83. The van der Waals surface area contributed by atoms with Crippen LogP contribution in [-0.2, 0) is 10.0 Å². The molecule has 0 saturated carbocycles. The minimum atomic E-state index is -3.52. The molecule has 2 aromatic rings. The van der Waals surface area contributed by atoms with Crippen molar-refractivity contribution in [1.82, 2.24) is 4.31 Å². The topological polar surface area (TPSA) is 37.4 Å². The van der Waals surface area contributed by atoms with E-state index in [0.29, 0.717) is 17.4 Å². The second-order valence-corrected chi connectivity index (χ2v) is 8.57. The molecule has 1 unspecified atom stereocenters. The summed E-state index contributed by atoms with van der Waals surface area (Å²) in [5.41, 5.74) is 1.07. The minimum Gasteiger partial charge on any atom is -0.207 e. The lowest BCUT2D eigenvalue weighted by atomic mass is 10.1. The van der Waals surface area contributed by atoms with E-state index in [1.165, 1.54) is 0 Å². The Morgan fingerprint density at radius 3 is 2.04 bits per heavy atom. The maximum Gasteiger partial charge on any atom is 0.243 e. The third-order valence-electron chi connectivity index (χ3n) is 4.05. The van der Waals surface area contributed by atoms with E-state index in [0.717, 1.165) is 12.0 Å². The summed E-state index contributed by atoms with van der Waals surface area (Å²) in [7, 11) is -3.52. The zero-order chi connectivity index (χ0) is 18.3. The number of sulfonamides is 1. The Morgan fingerprint density at radius 1 is 0.920 bits per heavy atom. The first-order valence-electron chi connectivity index (χ1n) is 8.69. The summed E-state index contributed by atoms with van der Waals surface area (Å²) in [5.74, 6) is 0.432. The van der Waals surface area contributed by atoms with Crippen LogP contribution in [0.2, 0.25) is 0 Å². The molecule has 2 rings (SSSR count). The summed E-state index contributed by atoms with van der Waals surface area (Å²) in [6, 6.07) is 18.5. The van der Waals surface area contributed by atoms with Crippen molar-refractivity contribution in [1.29, 1.82) is 0 Å². The van der Waals surface area contributed by atoms with Crippen LogP contribution in [0.15, 0.2) is 71.6 Å². The molecule has 0 amide bonds. The fraction of sp³-hybridized carbons (Fsp3) is 0.333. The Labute approximate surface area is 152 Å². The molecular formula is C21H27NO2S. The van der Waals surface area contributed by atoms with Gasteiger partial charge in [-0.1, -0.05) is 74.5 Å². The molecule has 0 bridgehead atoms. The molecule has 134 valence electrons. The van der Waals surface area contributed by atoms with Crippen LogP contribution in [-0.4, -0.2) is 25.3 Å². The largest absolute Gasteiger partial charge is 0.243 e. The first kappa shape index (κ1) is 19.4. The van der Waals surface area contributed by atoms with Crippen molar-refractivity contribution >= 4 is 16.1 Å². The van der Waals surface area contributed by atoms with Crippen LogP contribution in [0, 0.1) is 5.92 Å². The van der Waals surface area contributed by atoms with Gasteiger partial charge in [0.2, 0.25) is 10.0 Å². The fourth-order valence-corrected chi connectivity index (χ4v) is 4.51. The molecular weight excluding hydrogens is 330 g/mol. The highest BCUT2D eigenvalue weighted by Gasteiger charge is 2.28. The smallest absolute Gasteiger partial charge is 0.207 e. The number of nitrogens with zero attached hydrogens (tertiary/aromatic N) is 1. The highest BCUT2D eigenvalue weighted by Crippen LogP contribution is 2.21. The van der Waals surface area contributed by atoms with Crippen LogP contribution in [0.25, 0.3) is 6.08 Å². The molecule has 0 fully saturated rings. The van der Waals surface area contributed by atoms with Crippen molar-refractivity contribution in [3.63, 3.8) is 0 Å². The van der Waals surface area contributed by atoms with E-state index in [1.54, 1.807) is 28.6 Å². The number of benzene rings is 2. The molecule has 0 aliphatic carbocycles. The Morgan fingerprint density at radius 2 is 1.48 bits per heavy atom. The van der Waals surface area contributed by atoms with Crippen molar-refractivity contribution in [2.75, 3.05) is 6.54 Å². The lowest BCUT2D eigenvalue weighted by Gasteiger charge is -2.28. The normalized spacial score (nSPS) is 13.6. The van der Waals surface area contributed by atoms with Gasteiger partial charge in [-0.15, -0.1) is 0 Å². The maximum absolute atomic E-state index is 13.1. The Kier molecular flexibility index (Phi) is 6.97. The molecule has 25 heavy (non-hydrogen) atoms. The van der Waals surface area contributed by atoms with E-state index in [1.807, 2.05) is 55.5 Å². The Balaban J connectivity index is 2.25. The van der Waals surface area contributed by atoms with Gasteiger partial charge in [0.05, 0.1) is 4.90 Å². The van der Waals surface area contributed by atoms with Crippen molar-refractivity contribution in [2.24, 2.45) is 5.92 Å². The van der Waals surface area contributed by atoms with Crippen LogP contribution in [0.1, 0.15) is 32.8 Å². The van der Waals surface area contributed by atoms with Crippen LogP contribution in [0.3, 0.4) is 0 Å². The SMILES string of the molecule is CC(C)CC(C)N(CC=Cc1ccccc1)S(=O)(=O)c1ccccc1. The van der Waals surface area contributed by atoms with Crippen LogP contribution in [0.4, 0.5) is 0 Å². The summed E-state index contributed by atoms with van der Waals surface area (Å²) in [6.45, 7) is 6.57. The van der Waals surface area contributed by atoms with Gasteiger partial charge in [-0.3, -0.25) is 0 Å². The summed E-state index contributed by atoms with van der Waals surface area (Å²) >= 11 is 0. The van der Waals surface area contributed by atoms with Crippen LogP contribution >= 0.6 is 0 Å². The van der Waals surface area contributed by atoms with Crippen LogP contribution in [0.5, 0.6) is 0 Å². The highest BCUT2D eigenvalue weighted by atomic mass is 32.2. The molecule has 3 nitrogen and oxygen atoms in total. The van der Waals surface area contributed by atoms with E-state index >= 15 is 0 Å². The van der Waals surface area contributed by atoms with Gasteiger partial charge in [-0.05, 0) is 37.0 Å². The number of hydrogen-bond donors (Lipinski definition) is 0.